The van der Waals surface area contributed by atoms with Crippen LogP contribution in [0, 0.1) is 0 Å². The van der Waals surface area contributed by atoms with E-state index in [-0.39, 0.29) is 6.54 Å². The van der Waals surface area contributed by atoms with Crippen LogP contribution in [0.2, 0.25) is 5.02 Å². The molecule has 0 saturated heterocycles. The van der Waals surface area contributed by atoms with Crippen molar-refractivity contribution in [3.8, 4) is 0 Å². The van der Waals surface area contributed by atoms with E-state index in [1.807, 2.05) is 23.1 Å². The summed E-state index contributed by atoms with van der Waals surface area (Å²) in [4.78, 5) is 1.99. The Morgan fingerprint density at radius 2 is 2.23 bits per heavy atom. The van der Waals surface area contributed by atoms with E-state index in [0.29, 0.717) is 12.5 Å². The van der Waals surface area contributed by atoms with Gasteiger partial charge in [0.05, 0.1) is 12.8 Å². The molecule has 8 nitrogen and oxygen atoms in total. The maximum Gasteiger partial charge on any atom is 0.250 e. The van der Waals surface area contributed by atoms with Crippen LogP contribution in [0.3, 0.4) is 0 Å². The number of tetrazole rings is 1. The molecule has 0 amide bonds. The summed E-state index contributed by atoms with van der Waals surface area (Å²) in [6.07, 6.45) is 1.94. The zero-order valence-corrected chi connectivity index (χ0v) is 13.5. The molecule has 0 fully saturated rings. The van der Waals surface area contributed by atoms with E-state index in [0.717, 1.165) is 35.5 Å². The van der Waals surface area contributed by atoms with Crippen LogP contribution in [0.1, 0.15) is 5.56 Å². The minimum absolute atomic E-state index is 0.229. The second kappa shape index (κ2) is 5.82. The zero-order chi connectivity index (χ0) is 15.7. The van der Waals surface area contributed by atoms with E-state index in [1.165, 1.54) is 0 Å². The van der Waals surface area contributed by atoms with Gasteiger partial charge in [0.15, 0.2) is 0 Å². The van der Waals surface area contributed by atoms with E-state index in [1.54, 1.807) is 4.68 Å². The van der Waals surface area contributed by atoms with Gasteiger partial charge in [0.25, 0.3) is 0 Å². The first-order valence-corrected chi connectivity index (χ1v) is 8.98. The lowest BCUT2D eigenvalue weighted by atomic mass is 10.2. The molecule has 22 heavy (non-hydrogen) atoms. The smallest absolute Gasteiger partial charge is 0.250 e. The fourth-order valence-corrected chi connectivity index (χ4v) is 3.20. The summed E-state index contributed by atoms with van der Waals surface area (Å²) in [6, 6.07) is 5.73. The lowest BCUT2D eigenvalue weighted by Gasteiger charge is -2.18. The minimum atomic E-state index is -3.23. The number of anilines is 2. The van der Waals surface area contributed by atoms with Gasteiger partial charge in [0.2, 0.25) is 16.0 Å². The molecule has 1 aliphatic heterocycles. The lowest BCUT2D eigenvalue weighted by Crippen LogP contribution is -2.28. The molecule has 1 aromatic heterocycles. The number of aromatic nitrogens is 4. The highest BCUT2D eigenvalue weighted by Crippen LogP contribution is 2.36. The van der Waals surface area contributed by atoms with Crippen LogP contribution in [0.4, 0.5) is 11.6 Å². The molecular weight excluding hydrogens is 328 g/mol. The second-order valence-electron chi connectivity index (χ2n) is 5.01. The van der Waals surface area contributed by atoms with Crippen molar-refractivity contribution in [2.45, 2.75) is 13.0 Å². The molecule has 1 N–H and O–H groups in total. The number of rotatable bonds is 5. The Hall–Kier alpha value is -1.71. The predicted molar refractivity (Wildman–Crippen MR) is 82.8 cm³/mol. The first-order valence-electron chi connectivity index (χ1n) is 6.71. The topological polar surface area (TPSA) is 93.0 Å². The van der Waals surface area contributed by atoms with Crippen LogP contribution in [-0.4, -0.2) is 48.0 Å². The summed E-state index contributed by atoms with van der Waals surface area (Å²) >= 11 is 6.21. The predicted octanol–water partition coefficient (Wildman–Crippen LogP) is 0.570. The molecule has 0 radical (unpaired) electrons. The summed E-state index contributed by atoms with van der Waals surface area (Å²) in [5.41, 5.74) is 2.06. The molecule has 3 rings (SSSR count). The summed E-state index contributed by atoms with van der Waals surface area (Å²) in [6.45, 7) is 1.31. The fraction of sp³-hybridized carbons (Fsp3) is 0.417. The quantitative estimate of drug-likeness (QED) is 0.854. The largest absolute Gasteiger partial charge is 0.309 e. The molecule has 0 spiro atoms. The molecule has 1 aliphatic rings. The van der Waals surface area contributed by atoms with Crippen molar-refractivity contribution in [3.05, 3.63) is 28.8 Å². The van der Waals surface area contributed by atoms with Gasteiger partial charge in [-0.25, -0.2) is 17.8 Å². The van der Waals surface area contributed by atoms with Gasteiger partial charge in [0.1, 0.15) is 0 Å². The molecule has 0 atom stereocenters. The number of hydrogen-bond acceptors (Lipinski definition) is 6. The first kappa shape index (κ1) is 15.2. The molecule has 0 unspecified atom stereocenters. The maximum absolute atomic E-state index is 11.1. The van der Waals surface area contributed by atoms with Crippen LogP contribution in [0.5, 0.6) is 0 Å². The van der Waals surface area contributed by atoms with E-state index >= 15 is 0 Å². The SMILES string of the molecule is CS(=O)(=O)NCCn1nnnc1N1CCc2c(Cl)cccc21. The molecule has 118 valence electrons. The number of sulfonamides is 1. The average molecular weight is 343 g/mol. The van der Waals surface area contributed by atoms with Gasteiger partial charge in [-0.15, -0.1) is 0 Å². The molecule has 0 saturated carbocycles. The highest BCUT2D eigenvalue weighted by molar-refractivity contribution is 7.88. The minimum Gasteiger partial charge on any atom is -0.309 e. The number of nitrogens with zero attached hydrogens (tertiary/aromatic N) is 5. The van der Waals surface area contributed by atoms with Crippen LogP contribution >= 0.6 is 11.6 Å². The zero-order valence-electron chi connectivity index (χ0n) is 11.9. The van der Waals surface area contributed by atoms with Gasteiger partial charge in [-0.1, -0.05) is 22.8 Å². The van der Waals surface area contributed by atoms with Crippen LogP contribution in [-0.2, 0) is 23.0 Å². The molecule has 0 aliphatic carbocycles. The fourth-order valence-electron chi connectivity index (χ4n) is 2.47. The van der Waals surface area contributed by atoms with Gasteiger partial charge in [-0.05, 0) is 34.5 Å². The third kappa shape index (κ3) is 3.06. The van der Waals surface area contributed by atoms with E-state index in [4.69, 9.17) is 11.6 Å². The van der Waals surface area contributed by atoms with Gasteiger partial charge < -0.3 is 4.90 Å². The summed E-state index contributed by atoms with van der Waals surface area (Å²) < 4.78 is 26.2. The number of benzene rings is 1. The van der Waals surface area contributed by atoms with E-state index in [2.05, 4.69) is 20.2 Å². The lowest BCUT2D eigenvalue weighted by molar-refractivity contribution is 0.556. The van der Waals surface area contributed by atoms with Crippen molar-refractivity contribution in [3.63, 3.8) is 0 Å². The van der Waals surface area contributed by atoms with Gasteiger partial charge in [-0.3, -0.25) is 0 Å². The summed E-state index contributed by atoms with van der Waals surface area (Å²) in [5, 5.41) is 12.4. The Kier molecular flexibility index (Phi) is 4.02. The Morgan fingerprint density at radius 1 is 1.41 bits per heavy atom. The molecule has 2 aromatic rings. The summed E-state index contributed by atoms with van der Waals surface area (Å²) in [7, 11) is -3.23. The van der Waals surface area contributed by atoms with Crippen molar-refractivity contribution in [2.24, 2.45) is 0 Å². The maximum atomic E-state index is 11.1. The van der Waals surface area contributed by atoms with Crippen LogP contribution < -0.4 is 9.62 Å². The number of hydrogen-bond donors (Lipinski definition) is 1. The van der Waals surface area contributed by atoms with Crippen molar-refractivity contribution in [1.82, 2.24) is 24.9 Å². The Labute approximate surface area is 133 Å². The van der Waals surface area contributed by atoms with Crippen LogP contribution in [0.25, 0.3) is 0 Å². The molecular formula is C12H15ClN6O2S. The molecule has 10 heteroatoms. The molecule has 2 heterocycles. The highest BCUT2D eigenvalue weighted by Gasteiger charge is 2.26. The normalized spacial score (nSPS) is 14.4. The van der Waals surface area contributed by atoms with Gasteiger partial charge in [-0.2, -0.15) is 0 Å². The highest BCUT2D eigenvalue weighted by atomic mass is 35.5. The number of nitrogens with one attached hydrogen (secondary N) is 1. The Morgan fingerprint density at radius 3 is 3.00 bits per heavy atom. The van der Waals surface area contributed by atoms with Crippen LogP contribution in [0.15, 0.2) is 18.2 Å². The van der Waals surface area contributed by atoms with Crippen molar-refractivity contribution in [2.75, 3.05) is 24.2 Å². The molecule has 0 bridgehead atoms. The van der Waals surface area contributed by atoms with Crippen molar-refractivity contribution >= 4 is 33.3 Å². The third-order valence-corrected chi connectivity index (χ3v) is 4.50. The standard InChI is InChI=1S/C12H15ClN6O2S/c1-22(20,21)14-6-8-19-12(15-16-17-19)18-7-5-9-10(13)3-2-4-11(9)18/h2-4,14H,5-8H2,1H3. The third-order valence-electron chi connectivity index (χ3n) is 3.41. The van der Waals surface area contributed by atoms with Crippen molar-refractivity contribution < 1.29 is 8.42 Å². The Balaban J connectivity index is 1.81. The van der Waals surface area contributed by atoms with E-state index in [9.17, 15) is 8.42 Å². The van der Waals surface area contributed by atoms with Crippen molar-refractivity contribution in [1.29, 1.82) is 0 Å². The summed E-state index contributed by atoms with van der Waals surface area (Å²) in [5.74, 6) is 0.580. The monoisotopic (exact) mass is 342 g/mol. The average Bonchev–Trinajstić information content (AvgIpc) is 3.04. The van der Waals surface area contributed by atoms with Gasteiger partial charge in [0, 0.05) is 23.8 Å². The van der Waals surface area contributed by atoms with Gasteiger partial charge >= 0.3 is 0 Å². The van der Waals surface area contributed by atoms with E-state index < -0.39 is 10.0 Å². The number of fused-ring (bicyclic) bond motifs is 1. The first-order chi connectivity index (χ1) is 10.5. The number of halogens is 1. The Bertz CT molecular complexity index is 791. The second-order valence-corrected chi connectivity index (χ2v) is 7.25. The molecule has 1 aromatic carbocycles.